The average molecular weight is 637 g/mol. The number of nitrogens with zero attached hydrogens (tertiary/aromatic N) is 3. The number of hydrogen-bond donors (Lipinski definition) is 3. The second kappa shape index (κ2) is 11.7. The first kappa shape index (κ1) is 33.0. The number of aromatic nitrogens is 4. The maximum Gasteiger partial charge on any atom is 0.425 e. The van der Waals surface area contributed by atoms with Gasteiger partial charge >= 0.3 is 6.09 Å². The van der Waals surface area contributed by atoms with Crippen molar-refractivity contribution in [2.24, 2.45) is 0 Å². The van der Waals surface area contributed by atoms with Crippen LogP contribution in [0.15, 0.2) is 60.9 Å². The smallest absolute Gasteiger partial charge is 0.425 e. The van der Waals surface area contributed by atoms with Crippen LogP contribution in [0.1, 0.15) is 120 Å². The zero-order valence-electron chi connectivity index (χ0n) is 29.7. The molecule has 2 atom stereocenters. The maximum absolute atomic E-state index is 14.8. The summed E-state index contributed by atoms with van der Waals surface area (Å²) in [7, 11) is 0. The predicted molar refractivity (Wildman–Crippen MR) is 186 cm³/mol. The standard InChI is InChI=1S/C39H52N6O2/c1-35(2,3)28-12-10-14-30(20-28)38(18-16-32-26(22-38)24-40-42-32)44-45(34(46)47-37(7,8)9)39(19-17-33-27(23-39)25-41-43-33)31-15-11-13-29(21-31)36(4,5)6/h10-15,20-21,24-25,44H,16-19,22-23H2,1-9H3,(H,40,42)(H,41,43). The highest BCUT2D eigenvalue weighted by Gasteiger charge is 2.50. The van der Waals surface area contributed by atoms with E-state index in [1.807, 2.05) is 38.2 Å². The van der Waals surface area contributed by atoms with Crippen molar-refractivity contribution in [2.75, 3.05) is 0 Å². The van der Waals surface area contributed by atoms with Crippen molar-refractivity contribution < 1.29 is 9.53 Å². The largest absolute Gasteiger partial charge is 0.443 e. The summed E-state index contributed by atoms with van der Waals surface area (Å²) in [6, 6.07) is 17.7. The second-order valence-corrected chi connectivity index (χ2v) is 16.8. The van der Waals surface area contributed by atoms with Crippen molar-refractivity contribution in [3.05, 3.63) is 106 Å². The van der Waals surface area contributed by atoms with E-state index in [9.17, 15) is 4.79 Å². The van der Waals surface area contributed by atoms with Crippen molar-refractivity contribution in [1.29, 1.82) is 0 Å². The molecule has 0 radical (unpaired) electrons. The van der Waals surface area contributed by atoms with Gasteiger partial charge in [0.25, 0.3) is 0 Å². The Bertz CT molecular complexity index is 1750. The van der Waals surface area contributed by atoms with Gasteiger partial charge in [0, 0.05) is 18.8 Å². The van der Waals surface area contributed by atoms with E-state index in [4.69, 9.17) is 4.74 Å². The molecule has 3 N–H and O–H groups in total. The molecular weight excluding hydrogens is 584 g/mol. The number of benzene rings is 2. The van der Waals surface area contributed by atoms with Gasteiger partial charge in [0.2, 0.25) is 0 Å². The third kappa shape index (κ3) is 6.49. The highest BCUT2D eigenvalue weighted by Crippen LogP contribution is 2.45. The van der Waals surface area contributed by atoms with Crippen LogP contribution in [0, 0.1) is 0 Å². The molecule has 2 aromatic heterocycles. The van der Waals surface area contributed by atoms with Gasteiger partial charge in [-0.3, -0.25) is 10.2 Å². The van der Waals surface area contributed by atoms with Gasteiger partial charge in [-0.2, -0.15) is 10.2 Å². The third-order valence-corrected chi connectivity index (χ3v) is 10.0. The number of ether oxygens (including phenoxy) is 1. The number of hydrazine groups is 1. The van der Waals surface area contributed by atoms with E-state index in [-0.39, 0.29) is 16.9 Å². The molecule has 0 aliphatic heterocycles. The van der Waals surface area contributed by atoms with Crippen LogP contribution in [0.5, 0.6) is 0 Å². The molecule has 250 valence electrons. The van der Waals surface area contributed by atoms with Gasteiger partial charge in [0.05, 0.1) is 22.5 Å². The minimum Gasteiger partial charge on any atom is -0.443 e. The van der Waals surface area contributed by atoms with Crippen LogP contribution in [0.25, 0.3) is 0 Å². The molecule has 2 aliphatic rings. The van der Waals surface area contributed by atoms with Crippen molar-refractivity contribution in [3.63, 3.8) is 0 Å². The summed E-state index contributed by atoms with van der Waals surface area (Å²) in [5.74, 6) is 0. The number of amides is 1. The molecule has 2 aliphatic carbocycles. The van der Waals surface area contributed by atoms with Crippen LogP contribution in [0.4, 0.5) is 4.79 Å². The van der Waals surface area contributed by atoms with E-state index in [2.05, 4.69) is 116 Å². The van der Waals surface area contributed by atoms with Crippen molar-refractivity contribution in [1.82, 2.24) is 30.8 Å². The van der Waals surface area contributed by atoms with Gasteiger partial charge < -0.3 is 4.74 Å². The summed E-state index contributed by atoms with van der Waals surface area (Å²) < 4.78 is 6.30. The van der Waals surface area contributed by atoms with Crippen LogP contribution in [0.2, 0.25) is 0 Å². The van der Waals surface area contributed by atoms with Crippen LogP contribution >= 0.6 is 0 Å². The Balaban J connectivity index is 1.57. The van der Waals surface area contributed by atoms with E-state index in [1.165, 1.54) is 16.7 Å². The number of aryl methyl sites for hydroxylation is 2. The van der Waals surface area contributed by atoms with Gasteiger partial charge in [0.15, 0.2) is 0 Å². The van der Waals surface area contributed by atoms with E-state index in [0.29, 0.717) is 19.3 Å². The molecule has 4 aromatic rings. The fourth-order valence-corrected chi connectivity index (χ4v) is 7.28. The summed E-state index contributed by atoms with van der Waals surface area (Å²) in [5.41, 5.74) is 11.0. The molecule has 47 heavy (non-hydrogen) atoms. The highest BCUT2D eigenvalue weighted by molar-refractivity contribution is 5.70. The number of hydrogen-bond acceptors (Lipinski definition) is 5. The Morgan fingerprint density at radius 2 is 1.30 bits per heavy atom. The van der Waals surface area contributed by atoms with Gasteiger partial charge in [0.1, 0.15) is 5.60 Å². The van der Waals surface area contributed by atoms with Gasteiger partial charge in [-0.1, -0.05) is 90.1 Å². The fraction of sp³-hybridized carbons (Fsp3) is 0.513. The predicted octanol–water partition coefficient (Wildman–Crippen LogP) is 7.94. The first-order valence-electron chi connectivity index (χ1n) is 17.1. The molecule has 6 rings (SSSR count). The Morgan fingerprint density at radius 1 is 0.766 bits per heavy atom. The molecule has 8 heteroatoms. The highest BCUT2D eigenvalue weighted by atomic mass is 16.6. The van der Waals surface area contributed by atoms with E-state index in [1.54, 1.807) is 0 Å². The topological polar surface area (TPSA) is 98.9 Å². The Hall–Kier alpha value is -3.91. The Kier molecular flexibility index (Phi) is 8.18. The van der Waals surface area contributed by atoms with Crippen LogP contribution < -0.4 is 5.43 Å². The first-order valence-corrected chi connectivity index (χ1v) is 17.1. The SMILES string of the molecule is CC(C)(C)OC(=O)N(NC1(c2cccc(C(C)(C)C)c2)CCc2n[nH]cc2C1)C1(c2cccc(C(C)(C)C)c2)CCc2n[nH]cc2C1. The molecule has 0 fully saturated rings. The zero-order chi connectivity index (χ0) is 33.8. The van der Waals surface area contributed by atoms with Gasteiger partial charge in [-0.15, -0.1) is 0 Å². The van der Waals surface area contributed by atoms with Crippen molar-refractivity contribution in [3.8, 4) is 0 Å². The number of nitrogens with one attached hydrogen (secondary N) is 3. The quantitative estimate of drug-likeness (QED) is 0.193. The molecule has 0 spiro atoms. The lowest BCUT2D eigenvalue weighted by Gasteiger charge is -2.51. The molecule has 8 nitrogen and oxygen atoms in total. The molecule has 0 bridgehead atoms. The second-order valence-electron chi connectivity index (χ2n) is 16.8. The lowest BCUT2D eigenvalue weighted by molar-refractivity contribution is -0.0529. The summed E-state index contributed by atoms with van der Waals surface area (Å²) in [4.78, 5) is 14.8. The number of carbonyl (C=O) groups excluding carboxylic acids is 1. The van der Waals surface area contributed by atoms with E-state index >= 15 is 0 Å². The summed E-state index contributed by atoms with van der Waals surface area (Å²) in [5, 5.41) is 17.2. The summed E-state index contributed by atoms with van der Waals surface area (Å²) in [6.45, 7) is 19.3. The Labute approximate surface area is 280 Å². The fourth-order valence-electron chi connectivity index (χ4n) is 7.28. The van der Waals surface area contributed by atoms with Crippen LogP contribution in [-0.4, -0.2) is 37.1 Å². The third-order valence-electron chi connectivity index (χ3n) is 10.0. The van der Waals surface area contributed by atoms with E-state index < -0.39 is 16.7 Å². The normalized spacial score (nSPS) is 21.6. The minimum absolute atomic E-state index is 0.0345. The number of H-pyrrole nitrogens is 2. The van der Waals surface area contributed by atoms with Crippen LogP contribution in [-0.2, 0) is 52.3 Å². The Morgan fingerprint density at radius 3 is 1.87 bits per heavy atom. The van der Waals surface area contributed by atoms with Crippen LogP contribution in [0.3, 0.4) is 0 Å². The molecule has 0 saturated heterocycles. The molecule has 0 saturated carbocycles. The average Bonchev–Trinajstić information content (AvgIpc) is 3.67. The molecule has 2 aromatic carbocycles. The number of fused-ring (bicyclic) bond motifs is 2. The molecular formula is C39H52N6O2. The molecule has 2 heterocycles. The molecule has 2 unspecified atom stereocenters. The van der Waals surface area contributed by atoms with Gasteiger partial charge in [-0.25, -0.2) is 15.2 Å². The first-order chi connectivity index (χ1) is 22.0. The number of carbonyl (C=O) groups is 1. The van der Waals surface area contributed by atoms with Crippen molar-refractivity contribution in [2.45, 2.75) is 128 Å². The maximum atomic E-state index is 14.8. The molecule has 1 amide bonds. The lowest BCUT2D eigenvalue weighted by atomic mass is 9.72. The zero-order valence-corrected chi connectivity index (χ0v) is 29.7. The van der Waals surface area contributed by atoms with Crippen molar-refractivity contribution >= 4 is 6.09 Å². The number of rotatable bonds is 5. The summed E-state index contributed by atoms with van der Waals surface area (Å²) >= 11 is 0. The number of aromatic amines is 2. The van der Waals surface area contributed by atoms with E-state index in [0.717, 1.165) is 47.3 Å². The summed E-state index contributed by atoms with van der Waals surface area (Å²) in [6.07, 6.45) is 7.89. The minimum atomic E-state index is -0.744. The monoisotopic (exact) mass is 636 g/mol. The van der Waals surface area contributed by atoms with Gasteiger partial charge in [-0.05, 0) is 97.1 Å². The lowest BCUT2D eigenvalue weighted by Crippen LogP contribution is -2.65.